The van der Waals surface area contributed by atoms with Crippen molar-refractivity contribution in [3.05, 3.63) is 64.8 Å². The smallest absolute Gasteiger partial charge is 0.293 e. The van der Waals surface area contributed by atoms with E-state index >= 15 is 0 Å². The fourth-order valence-corrected chi connectivity index (χ4v) is 2.15. The van der Waals surface area contributed by atoms with Gasteiger partial charge in [0.05, 0.1) is 4.92 Å². The van der Waals surface area contributed by atoms with Crippen LogP contribution in [0.15, 0.2) is 54.7 Å². The second-order valence-corrected chi connectivity index (χ2v) is 4.03. The molecule has 0 unspecified atom stereocenters. The van der Waals surface area contributed by atoms with Crippen molar-refractivity contribution in [2.45, 2.75) is 0 Å². The lowest BCUT2D eigenvalue weighted by Gasteiger charge is -1.98. The van der Waals surface area contributed by atoms with Gasteiger partial charge in [0, 0.05) is 23.2 Å². The zero-order valence-electron chi connectivity index (χ0n) is 9.46. The van der Waals surface area contributed by atoms with Gasteiger partial charge in [0.25, 0.3) is 5.69 Å². The number of non-ortho nitro benzene ring substituents is 1. The highest BCUT2D eigenvalue weighted by atomic mass is 16.6. The predicted octanol–water partition coefficient (Wildman–Crippen LogP) is 3.74. The molecule has 0 amide bonds. The molecule has 2 aromatic carbocycles. The Labute approximate surface area is 103 Å². The molecule has 1 aromatic heterocycles. The number of nitro groups is 1. The van der Waals surface area contributed by atoms with Gasteiger partial charge in [-0.3, -0.25) is 10.1 Å². The first-order chi connectivity index (χ1) is 8.77. The van der Waals surface area contributed by atoms with Crippen molar-refractivity contribution in [1.82, 2.24) is 4.98 Å². The summed E-state index contributed by atoms with van der Waals surface area (Å²) in [5.74, 6) is 0. The lowest BCUT2D eigenvalue weighted by atomic mass is 10.0. The zero-order chi connectivity index (χ0) is 12.5. The first kappa shape index (κ1) is 10.5. The van der Waals surface area contributed by atoms with E-state index in [1.54, 1.807) is 6.07 Å². The average Bonchev–Trinajstić information content (AvgIpc) is 2.83. The molecule has 0 atom stereocenters. The van der Waals surface area contributed by atoms with Crippen LogP contribution in [-0.2, 0) is 0 Å². The lowest BCUT2D eigenvalue weighted by Crippen LogP contribution is -1.88. The minimum Gasteiger partial charge on any atom is -0.355 e. The molecule has 0 spiro atoms. The monoisotopic (exact) mass is 238 g/mol. The lowest BCUT2D eigenvalue weighted by molar-refractivity contribution is -0.383. The quantitative estimate of drug-likeness (QED) is 0.546. The number of fused-ring (bicyclic) bond motifs is 1. The number of para-hydroxylation sites is 1. The molecule has 4 nitrogen and oxygen atoms in total. The van der Waals surface area contributed by atoms with Gasteiger partial charge in [0.2, 0.25) is 0 Å². The maximum atomic E-state index is 10.9. The number of H-pyrrole nitrogens is 1. The van der Waals surface area contributed by atoms with Crippen LogP contribution in [0.25, 0.3) is 22.0 Å². The number of nitrogens with one attached hydrogen (secondary N) is 1. The molecule has 0 aliphatic heterocycles. The van der Waals surface area contributed by atoms with Gasteiger partial charge in [-0.15, -0.1) is 0 Å². The molecular formula is C14H10N2O2. The van der Waals surface area contributed by atoms with E-state index < -0.39 is 0 Å². The van der Waals surface area contributed by atoms with Crippen molar-refractivity contribution in [3.63, 3.8) is 0 Å². The maximum absolute atomic E-state index is 10.9. The first-order valence-corrected chi connectivity index (χ1v) is 5.57. The van der Waals surface area contributed by atoms with E-state index in [0.29, 0.717) is 5.52 Å². The molecule has 1 N–H and O–H groups in total. The summed E-state index contributed by atoms with van der Waals surface area (Å²) >= 11 is 0. The van der Waals surface area contributed by atoms with Crippen molar-refractivity contribution in [1.29, 1.82) is 0 Å². The highest BCUT2D eigenvalue weighted by molar-refractivity contribution is 5.99. The fraction of sp³-hybridized carbons (Fsp3) is 0. The van der Waals surface area contributed by atoms with Crippen molar-refractivity contribution < 1.29 is 4.92 Å². The van der Waals surface area contributed by atoms with Crippen LogP contribution in [0, 0.1) is 10.1 Å². The Balaban J connectivity index is 2.28. The SMILES string of the molecule is O=[N+]([O-])c1cccc2c(-c3ccccc3)c[nH]c12. The number of rotatable bonds is 2. The minimum atomic E-state index is -0.367. The molecule has 4 heteroatoms. The molecule has 0 aliphatic carbocycles. The van der Waals surface area contributed by atoms with Crippen LogP contribution in [0.2, 0.25) is 0 Å². The van der Waals surface area contributed by atoms with E-state index in [9.17, 15) is 10.1 Å². The second-order valence-electron chi connectivity index (χ2n) is 4.03. The molecule has 3 rings (SSSR count). The number of hydrogen-bond acceptors (Lipinski definition) is 2. The van der Waals surface area contributed by atoms with Crippen LogP contribution in [0.4, 0.5) is 5.69 Å². The fourth-order valence-electron chi connectivity index (χ4n) is 2.15. The highest BCUT2D eigenvalue weighted by Gasteiger charge is 2.15. The van der Waals surface area contributed by atoms with Crippen LogP contribution in [0.5, 0.6) is 0 Å². The first-order valence-electron chi connectivity index (χ1n) is 5.57. The number of nitro benzene ring substituents is 1. The third-order valence-corrected chi connectivity index (χ3v) is 2.97. The molecule has 3 aromatic rings. The third-order valence-electron chi connectivity index (χ3n) is 2.97. The van der Waals surface area contributed by atoms with Crippen LogP contribution in [0.3, 0.4) is 0 Å². The molecule has 18 heavy (non-hydrogen) atoms. The van der Waals surface area contributed by atoms with Gasteiger partial charge in [-0.1, -0.05) is 42.5 Å². The topological polar surface area (TPSA) is 58.9 Å². The Morgan fingerprint density at radius 2 is 1.78 bits per heavy atom. The van der Waals surface area contributed by atoms with Gasteiger partial charge in [0.1, 0.15) is 5.52 Å². The molecule has 1 heterocycles. The van der Waals surface area contributed by atoms with Crippen molar-refractivity contribution in [3.8, 4) is 11.1 Å². The van der Waals surface area contributed by atoms with Gasteiger partial charge in [-0.05, 0) is 5.56 Å². The molecule has 0 saturated heterocycles. The summed E-state index contributed by atoms with van der Waals surface area (Å²) in [5.41, 5.74) is 2.70. The predicted molar refractivity (Wildman–Crippen MR) is 70.4 cm³/mol. The number of nitrogens with zero attached hydrogens (tertiary/aromatic N) is 1. The van der Waals surface area contributed by atoms with Crippen LogP contribution >= 0.6 is 0 Å². The summed E-state index contributed by atoms with van der Waals surface area (Å²) in [4.78, 5) is 13.6. The van der Waals surface area contributed by atoms with E-state index in [1.807, 2.05) is 42.6 Å². The number of hydrogen-bond donors (Lipinski definition) is 1. The molecule has 0 saturated carbocycles. The summed E-state index contributed by atoms with van der Waals surface area (Å²) in [6.45, 7) is 0. The van der Waals surface area contributed by atoms with Crippen LogP contribution in [-0.4, -0.2) is 9.91 Å². The van der Waals surface area contributed by atoms with Crippen LogP contribution < -0.4 is 0 Å². The van der Waals surface area contributed by atoms with E-state index in [-0.39, 0.29) is 10.6 Å². The maximum Gasteiger partial charge on any atom is 0.293 e. The molecular weight excluding hydrogens is 228 g/mol. The molecule has 0 aliphatic rings. The number of aromatic amines is 1. The number of aromatic nitrogens is 1. The summed E-state index contributed by atoms with van der Waals surface area (Å²) < 4.78 is 0. The number of benzene rings is 2. The van der Waals surface area contributed by atoms with Gasteiger partial charge >= 0.3 is 0 Å². The van der Waals surface area contributed by atoms with Crippen molar-refractivity contribution >= 4 is 16.6 Å². The van der Waals surface area contributed by atoms with Gasteiger partial charge < -0.3 is 4.98 Å². The molecule has 0 radical (unpaired) electrons. The van der Waals surface area contributed by atoms with Crippen molar-refractivity contribution in [2.24, 2.45) is 0 Å². The van der Waals surface area contributed by atoms with E-state index in [1.165, 1.54) is 6.07 Å². The Morgan fingerprint density at radius 1 is 1.00 bits per heavy atom. The standard InChI is InChI=1S/C14H10N2O2/c17-16(18)13-8-4-7-11-12(9-15-14(11)13)10-5-2-1-3-6-10/h1-9,15H. The van der Waals surface area contributed by atoms with Crippen LogP contribution in [0.1, 0.15) is 0 Å². The molecule has 0 bridgehead atoms. The summed E-state index contributed by atoms with van der Waals surface area (Å²) in [7, 11) is 0. The van der Waals surface area contributed by atoms with Gasteiger partial charge in [-0.25, -0.2) is 0 Å². The summed E-state index contributed by atoms with van der Waals surface area (Å²) in [5, 5.41) is 11.8. The summed E-state index contributed by atoms with van der Waals surface area (Å²) in [6, 6.07) is 14.9. The zero-order valence-corrected chi connectivity index (χ0v) is 9.46. The van der Waals surface area contributed by atoms with E-state index in [0.717, 1.165) is 16.5 Å². The third kappa shape index (κ3) is 1.55. The molecule has 88 valence electrons. The highest BCUT2D eigenvalue weighted by Crippen LogP contribution is 2.32. The Hall–Kier alpha value is -2.62. The second kappa shape index (κ2) is 4.00. The minimum absolute atomic E-state index is 0.106. The van der Waals surface area contributed by atoms with Crippen molar-refractivity contribution in [2.75, 3.05) is 0 Å². The normalized spacial score (nSPS) is 10.7. The van der Waals surface area contributed by atoms with Gasteiger partial charge in [-0.2, -0.15) is 0 Å². The Kier molecular flexibility index (Phi) is 2.34. The Bertz CT molecular complexity index is 717. The summed E-state index contributed by atoms with van der Waals surface area (Å²) in [6.07, 6.45) is 1.81. The van der Waals surface area contributed by atoms with E-state index in [2.05, 4.69) is 4.98 Å². The Morgan fingerprint density at radius 3 is 2.50 bits per heavy atom. The van der Waals surface area contributed by atoms with Gasteiger partial charge in [0.15, 0.2) is 0 Å². The molecule has 0 fully saturated rings. The largest absolute Gasteiger partial charge is 0.355 e. The average molecular weight is 238 g/mol. The van der Waals surface area contributed by atoms with E-state index in [4.69, 9.17) is 0 Å².